The number of benzene rings is 1. The predicted molar refractivity (Wildman–Crippen MR) is 124 cm³/mol. The predicted octanol–water partition coefficient (Wildman–Crippen LogP) is 7.03. The fourth-order valence-electron chi connectivity index (χ4n) is 2.02. The Hall–Kier alpha value is -3.26. The topological polar surface area (TPSA) is 66.3 Å². The summed E-state index contributed by atoms with van der Waals surface area (Å²) in [5.41, 5.74) is 0.529. The molecule has 0 unspecified atom stereocenters. The van der Waals surface area contributed by atoms with E-state index in [1.54, 1.807) is 13.8 Å². The van der Waals surface area contributed by atoms with E-state index in [1.165, 1.54) is 19.2 Å². The quantitative estimate of drug-likeness (QED) is 0.214. The van der Waals surface area contributed by atoms with Crippen LogP contribution < -0.4 is 10.2 Å². The van der Waals surface area contributed by atoms with Crippen molar-refractivity contribution in [3.8, 4) is 0 Å². The van der Waals surface area contributed by atoms with Gasteiger partial charge in [-0.25, -0.2) is 23.0 Å². The Kier molecular flexibility index (Phi) is 17.5. The first-order valence-electron chi connectivity index (χ1n) is 10.3. The Balaban J connectivity index is 0. The molecule has 2 amide bonds. The minimum Gasteiger partial charge on any atom is -0.475 e. The van der Waals surface area contributed by atoms with Gasteiger partial charge in [-0.15, -0.1) is 0 Å². The van der Waals surface area contributed by atoms with Crippen LogP contribution in [0.25, 0.3) is 0 Å². The van der Waals surface area contributed by atoms with Crippen LogP contribution in [0.2, 0.25) is 0 Å². The Morgan fingerprint density at radius 1 is 1.05 bits per heavy atom. The van der Waals surface area contributed by atoms with E-state index in [0.29, 0.717) is 17.0 Å². The highest BCUT2D eigenvalue weighted by Crippen LogP contribution is 2.30. The number of alkyl halides is 9. The van der Waals surface area contributed by atoms with E-state index in [0.717, 1.165) is 24.0 Å². The molecule has 0 bridgehead atoms. The Morgan fingerprint density at radius 3 is 1.92 bits per heavy atom. The summed E-state index contributed by atoms with van der Waals surface area (Å²) in [5.74, 6) is 0.145. The number of hydrogen-bond acceptors (Lipinski definition) is 4. The second-order valence-corrected chi connectivity index (χ2v) is 6.68. The molecule has 0 fully saturated rings. The van der Waals surface area contributed by atoms with Gasteiger partial charge >= 0.3 is 18.4 Å². The highest BCUT2D eigenvalue weighted by molar-refractivity contribution is 5.98. The minimum atomic E-state index is -4.44. The number of allylic oxidation sites excluding steroid dienone is 1. The molecular formula is C22H29F9N4O2. The van der Waals surface area contributed by atoms with Crippen LogP contribution in [0.3, 0.4) is 0 Å². The zero-order chi connectivity index (χ0) is 29.2. The summed E-state index contributed by atoms with van der Waals surface area (Å²) in [6.45, 7) is 5.09. The fraction of sp³-hybridized carbons (Fsp3) is 0.500. The lowest BCUT2D eigenvalue weighted by atomic mass is 10.2. The van der Waals surface area contributed by atoms with Crippen LogP contribution in [0.5, 0.6) is 0 Å². The number of nitrogens with zero attached hydrogens (tertiary/aromatic N) is 3. The van der Waals surface area contributed by atoms with Gasteiger partial charge in [0.2, 0.25) is 12.8 Å². The first-order chi connectivity index (χ1) is 17.1. The average molecular weight is 552 g/mol. The zero-order valence-electron chi connectivity index (χ0n) is 20.6. The van der Waals surface area contributed by atoms with Crippen molar-refractivity contribution < 1.29 is 49.0 Å². The smallest absolute Gasteiger partial charge is 0.416 e. The number of hydrogen-bond donors (Lipinski definition) is 1. The van der Waals surface area contributed by atoms with Gasteiger partial charge in [0.05, 0.1) is 5.56 Å². The van der Waals surface area contributed by atoms with Crippen LogP contribution in [0.15, 0.2) is 45.7 Å². The lowest BCUT2D eigenvalue weighted by molar-refractivity contribution is -0.137. The van der Waals surface area contributed by atoms with Gasteiger partial charge < -0.3 is 10.1 Å². The largest absolute Gasteiger partial charge is 0.475 e. The molecular weight excluding hydrogens is 523 g/mol. The molecule has 1 N–H and O–H groups in total. The molecule has 1 aromatic carbocycles. The maximum Gasteiger partial charge on any atom is 0.416 e. The number of carbonyl (C=O) groups is 1. The monoisotopic (exact) mass is 552 g/mol. The van der Waals surface area contributed by atoms with Gasteiger partial charge in [0, 0.05) is 30.4 Å². The molecule has 6 nitrogen and oxygen atoms in total. The standard InChI is InChI=1S/C18H22F4N4O2.C3H5F3.CH2F2/c1-12(16(23-3)28-10-9-19)13(2)24-11-25-17(27)26(4)15-7-5-14(6-8-15)18(20,21)22;1-2-3(4,5)6;2-1-3/h5-8H,3,9-11H2,1-2,4H3,(H,25,27);2H2,1H3;1H2/b16-12+,24-13-;;. The van der Waals surface area contributed by atoms with Crippen LogP contribution in [0.4, 0.5) is 50.0 Å². The van der Waals surface area contributed by atoms with E-state index in [1.807, 2.05) is 0 Å². The second kappa shape index (κ2) is 18.1. The maximum absolute atomic E-state index is 12.6. The third-order valence-corrected chi connectivity index (χ3v) is 4.16. The molecule has 37 heavy (non-hydrogen) atoms. The van der Waals surface area contributed by atoms with Gasteiger partial charge in [-0.2, -0.15) is 26.3 Å². The number of carbonyl (C=O) groups excluding carboxylic acids is 1. The summed E-state index contributed by atoms with van der Waals surface area (Å²) in [7, 11) is 1.42. The Labute approximate surface area is 208 Å². The number of halogens is 9. The summed E-state index contributed by atoms with van der Waals surface area (Å²) in [5, 5.41) is 2.52. The molecule has 1 aromatic rings. The average Bonchev–Trinajstić information content (AvgIpc) is 2.83. The van der Waals surface area contributed by atoms with Crippen LogP contribution in [-0.4, -0.2) is 58.6 Å². The summed E-state index contributed by atoms with van der Waals surface area (Å²) < 4.78 is 107. The van der Waals surface area contributed by atoms with Gasteiger partial charge in [-0.3, -0.25) is 9.89 Å². The lowest BCUT2D eigenvalue weighted by Crippen LogP contribution is -2.37. The molecule has 0 spiro atoms. The van der Waals surface area contributed by atoms with Crippen molar-refractivity contribution >= 4 is 24.1 Å². The Morgan fingerprint density at radius 2 is 1.54 bits per heavy atom. The fourth-order valence-corrected chi connectivity index (χ4v) is 2.02. The van der Waals surface area contributed by atoms with E-state index in [9.17, 15) is 44.3 Å². The highest BCUT2D eigenvalue weighted by Gasteiger charge is 2.30. The first-order valence-corrected chi connectivity index (χ1v) is 10.3. The van der Waals surface area contributed by atoms with Crippen LogP contribution in [0, 0.1) is 0 Å². The van der Waals surface area contributed by atoms with Crippen LogP contribution in [0.1, 0.15) is 32.8 Å². The van der Waals surface area contributed by atoms with Gasteiger partial charge in [0.1, 0.15) is 20.0 Å². The van der Waals surface area contributed by atoms with Crippen molar-refractivity contribution in [2.24, 2.45) is 9.98 Å². The first kappa shape index (κ1) is 35.9. The third kappa shape index (κ3) is 16.2. The molecule has 1 rings (SSSR count). The van der Waals surface area contributed by atoms with Crippen molar-refractivity contribution in [1.29, 1.82) is 0 Å². The number of ether oxygens (including phenoxy) is 1. The number of amides is 2. The normalized spacial score (nSPS) is 12.2. The van der Waals surface area contributed by atoms with Crippen molar-refractivity contribution in [3.63, 3.8) is 0 Å². The maximum atomic E-state index is 12.6. The minimum absolute atomic E-state index is 0.0828. The van der Waals surface area contributed by atoms with E-state index in [4.69, 9.17) is 4.74 Å². The highest BCUT2D eigenvalue weighted by atomic mass is 19.4. The zero-order valence-corrected chi connectivity index (χ0v) is 20.6. The third-order valence-electron chi connectivity index (χ3n) is 4.16. The number of anilines is 1. The summed E-state index contributed by atoms with van der Waals surface area (Å²) in [6.07, 6.45) is -9.13. The molecule has 0 aromatic heterocycles. The van der Waals surface area contributed by atoms with Crippen molar-refractivity contribution in [1.82, 2.24) is 5.32 Å². The van der Waals surface area contributed by atoms with Gasteiger partial charge in [-0.05, 0) is 44.8 Å². The molecule has 0 saturated heterocycles. The number of nitrogens with one attached hydrogen (secondary N) is 1. The molecule has 0 radical (unpaired) electrons. The molecule has 0 aliphatic carbocycles. The van der Waals surface area contributed by atoms with Crippen molar-refractivity contribution in [2.45, 2.75) is 39.5 Å². The van der Waals surface area contributed by atoms with Crippen LogP contribution in [-0.2, 0) is 10.9 Å². The van der Waals surface area contributed by atoms with Gasteiger partial charge in [-0.1, -0.05) is 6.92 Å². The molecule has 0 saturated carbocycles. The number of urea groups is 1. The molecule has 0 aliphatic rings. The molecule has 15 heteroatoms. The summed E-state index contributed by atoms with van der Waals surface area (Å²) in [4.78, 5) is 21.1. The SMILES string of the molecule is C=N/C(OCCF)=C(C)\C(C)=N/CNC(=O)N(C)c1ccc(C(F)(F)F)cc1.CCC(F)(F)F.FCF. The molecule has 0 heterocycles. The molecule has 0 aliphatic heterocycles. The van der Waals surface area contributed by atoms with Gasteiger partial charge in [0.25, 0.3) is 0 Å². The van der Waals surface area contributed by atoms with Gasteiger partial charge in [0.15, 0.2) is 0 Å². The Bertz CT molecular complexity index is 868. The summed E-state index contributed by atoms with van der Waals surface area (Å²) >= 11 is 0. The van der Waals surface area contributed by atoms with Crippen LogP contribution >= 0.6 is 0 Å². The van der Waals surface area contributed by atoms with E-state index < -0.39 is 44.0 Å². The number of aliphatic imine (C=N–C) groups is 2. The van der Waals surface area contributed by atoms with E-state index in [2.05, 4.69) is 22.0 Å². The van der Waals surface area contributed by atoms with Crippen molar-refractivity contribution in [2.75, 3.05) is 38.8 Å². The van der Waals surface area contributed by atoms with E-state index in [-0.39, 0.29) is 19.2 Å². The molecule has 0 atom stereocenters. The van der Waals surface area contributed by atoms with E-state index >= 15 is 0 Å². The summed E-state index contributed by atoms with van der Waals surface area (Å²) in [6, 6.07) is 3.66. The van der Waals surface area contributed by atoms with Crippen molar-refractivity contribution in [3.05, 3.63) is 41.3 Å². The second-order valence-electron chi connectivity index (χ2n) is 6.68. The number of rotatable bonds is 8. The lowest BCUT2D eigenvalue weighted by Gasteiger charge is -2.18. The molecule has 212 valence electrons.